The molecule has 0 bridgehead atoms. The van der Waals surface area contributed by atoms with Crippen molar-refractivity contribution in [3.8, 4) is 5.75 Å². The van der Waals surface area contributed by atoms with Crippen molar-refractivity contribution in [1.29, 1.82) is 0 Å². The van der Waals surface area contributed by atoms with Crippen LogP contribution in [0, 0.1) is 11.8 Å². The molecule has 1 aliphatic carbocycles. The lowest BCUT2D eigenvalue weighted by molar-refractivity contribution is -0.137. The van der Waals surface area contributed by atoms with Gasteiger partial charge in [-0.15, -0.1) is 11.6 Å². The number of hydrogen-bond donors (Lipinski definition) is 4. The highest BCUT2D eigenvalue weighted by atomic mass is 35.5. The van der Waals surface area contributed by atoms with Gasteiger partial charge in [-0.3, -0.25) is 4.79 Å². The maximum absolute atomic E-state index is 10.6. The van der Waals surface area contributed by atoms with Crippen LogP contribution in [0.2, 0.25) is 0 Å². The van der Waals surface area contributed by atoms with E-state index >= 15 is 0 Å². The van der Waals surface area contributed by atoms with Crippen molar-refractivity contribution in [2.75, 3.05) is 13.2 Å². The van der Waals surface area contributed by atoms with E-state index in [1.54, 1.807) is 18.2 Å². The number of aromatic hydroxyl groups is 1. The summed E-state index contributed by atoms with van der Waals surface area (Å²) in [6.07, 6.45) is 9.97. The molecule has 4 N–H and O–H groups in total. The molecule has 0 heterocycles. The standard InChI is InChI=1S/C26H37ClO6/c1-2-33-14-13-19-15-18(9-12-24(19)29)16-20(28)10-11-22-21(23(27)17-25(22)30)7-5-3-4-6-8-26(31)32/h3,5,9-12,15,20-23,25,28-30H,2,4,6-8,13-14,16-17H2,1H3,(H,31,32)/b5-3-,11-10+/t20?,21-,22-,23+,25-/m1/s1. The number of hydrogen-bond acceptors (Lipinski definition) is 5. The van der Waals surface area contributed by atoms with Crippen LogP contribution in [0.4, 0.5) is 0 Å². The van der Waals surface area contributed by atoms with Gasteiger partial charge in [0.25, 0.3) is 0 Å². The number of phenols is 1. The maximum atomic E-state index is 10.6. The van der Waals surface area contributed by atoms with E-state index in [9.17, 15) is 20.1 Å². The van der Waals surface area contributed by atoms with Gasteiger partial charge in [0.2, 0.25) is 0 Å². The average Bonchev–Trinajstić information content (AvgIpc) is 3.03. The number of aliphatic carboxylic acids is 1. The number of aliphatic hydroxyl groups is 2. The van der Waals surface area contributed by atoms with E-state index in [1.807, 2.05) is 31.2 Å². The van der Waals surface area contributed by atoms with E-state index in [0.717, 1.165) is 11.1 Å². The first kappa shape index (κ1) is 27.4. The van der Waals surface area contributed by atoms with Crippen molar-refractivity contribution in [3.63, 3.8) is 0 Å². The van der Waals surface area contributed by atoms with Gasteiger partial charge in [0.05, 0.1) is 18.8 Å². The van der Waals surface area contributed by atoms with Crippen molar-refractivity contribution < 1.29 is 30.0 Å². The van der Waals surface area contributed by atoms with Gasteiger partial charge in [0, 0.05) is 30.7 Å². The molecule has 0 aromatic heterocycles. The zero-order chi connectivity index (χ0) is 24.2. The zero-order valence-corrected chi connectivity index (χ0v) is 20.0. The van der Waals surface area contributed by atoms with Gasteiger partial charge in [-0.25, -0.2) is 0 Å². The number of rotatable bonds is 14. The van der Waals surface area contributed by atoms with Crippen molar-refractivity contribution in [3.05, 3.63) is 53.6 Å². The molecule has 6 nitrogen and oxygen atoms in total. The molecule has 5 atom stereocenters. The third-order valence-electron chi connectivity index (χ3n) is 6.07. The van der Waals surface area contributed by atoms with E-state index in [0.29, 0.717) is 51.7 Å². The van der Waals surface area contributed by atoms with Gasteiger partial charge >= 0.3 is 5.97 Å². The van der Waals surface area contributed by atoms with Gasteiger partial charge < -0.3 is 25.2 Å². The number of carboxylic acid groups (broad SMARTS) is 1. The summed E-state index contributed by atoms with van der Waals surface area (Å²) in [5.41, 5.74) is 1.71. The monoisotopic (exact) mass is 480 g/mol. The maximum Gasteiger partial charge on any atom is 0.303 e. The number of benzene rings is 1. The van der Waals surface area contributed by atoms with Gasteiger partial charge in [0.15, 0.2) is 0 Å². The third-order valence-corrected chi connectivity index (χ3v) is 6.57. The summed E-state index contributed by atoms with van der Waals surface area (Å²) in [5, 5.41) is 39.6. The Labute approximate surface area is 201 Å². The normalized spacial score (nSPS) is 24.1. The Kier molecular flexibility index (Phi) is 12.0. The number of allylic oxidation sites excluding steroid dienone is 2. The molecule has 0 amide bonds. The fourth-order valence-corrected chi connectivity index (χ4v) is 4.72. The number of halogens is 1. The number of unbranched alkanes of at least 4 members (excludes halogenated alkanes) is 1. The van der Waals surface area contributed by atoms with E-state index < -0.39 is 18.2 Å². The molecule has 0 spiro atoms. The van der Waals surface area contributed by atoms with Gasteiger partial charge in [-0.05, 0) is 62.1 Å². The van der Waals surface area contributed by atoms with Gasteiger partial charge in [0.1, 0.15) is 5.75 Å². The van der Waals surface area contributed by atoms with Gasteiger partial charge in [-0.2, -0.15) is 0 Å². The summed E-state index contributed by atoms with van der Waals surface area (Å²) >= 11 is 6.48. The molecular formula is C26H37ClO6. The zero-order valence-electron chi connectivity index (χ0n) is 19.3. The van der Waals surface area contributed by atoms with Crippen LogP contribution in [-0.2, 0) is 22.4 Å². The van der Waals surface area contributed by atoms with Crippen LogP contribution in [0.1, 0.15) is 50.2 Å². The van der Waals surface area contributed by atoms with E-state index in [2.05, 4.69) is 0 Å². The largest absolute Gasteiger partial charge is 0.508 e. The lowest BCUT2D eigenvalue weighted by atomic mass is 9.90. The molecule has 2 rings (SSSR count). The first-order valence-corrected chi connectivity index (χ1v) is 12.2. The lowest BCUT2D eigenvalue weighted by Crippen LogP contribution is -2.19. The van der Waals surface area contributed by atoms with E-state index in [4.69, 9.17) is 21.4 Å². The second-order valence-corrected chi connectivity index (χ2v) is 9.18. The van der Waals surface area contributed by atoms with E-state index in [-0.39, 0.29) is 29.4 Å². The summed E-state index contributed by atoms with van der Waals surface area (Å²) in [4.78, 5) is 10.6. The SMILES string of the molecule is CCOCCc1cc(CC(O)/C=C/[C@@H]2[C@@H](C/C=C\CCCC(=O)O)[C@@H](Cl)C[C@H]2O)ccc1O. The molecule has 1 aromatic carbocycles. The van der Waals surface area contributed by atoms with E-state index in [1.165, 1.54) is 0 Å². The van der Waals surface area contributed by atoms with Crippen molar-refractivity contribution in [1.82, 2.24) is 0 Å². The molecule has 1 unspecified atom stereocenters. The number of carbonyl (C=O) groups is 1. The third kappa shape index (κ3) is 9.49. The first-order valence-electron chi connectivity index (χ1n) is 11.8. The second kappa shape index (κ2) is 14.4. The molecule has 184 valence electrons. The average molecular weight is 481 g/mol. The minimum atomic E-state index is -0.791. The molecule has 0 radical (unpaired) electrons. The molecule has 1 saturated carbocycles. The lowest BCUT2D eigenvalue weighted by Gasteiger charge is -2.19. The van der Waals surface area contributed by atoms with Gasteiger partial charge in [-0.1, -0.05) is 36.4 Å². The molecular weight excluding hydrogens is 444 g/mol. The molecule has 1 aromatic rings. The highest BCUT2D eigenvalue weighted by Crippen LogP contribution is 2.39. The second-order valence-electron chi connectivity index (χ2n) is 8.62. The Hall–Kier alpha value is -1.86. The van der Waals surface area contributed by atoms with Crippen LogP contribution >= 0.6 is 11.6 Å². The molecule has 7 heteroatoms. The highest BCUT2D eigenvalue weighted by Gasteiger charge is 2.39. The quantitative estimate of drug-likeness (QED) is 0.180. The topological polar surface area (TPSA) is 107 Å². The Morgan fingerprint density at radius 2 is 2.12 bits per heavy atom. The summed E-state index contributed by atoms with van der Waals surface area (Å²) in [6.45, 7) is 3.09. The predicted molar refractivity (Wildman–Crippen MR) is 130 cm³/mol. The molecule has 33 heavy (non-hydrogen) atoms. The van der Waals surface area contributed by atoms with Crippen LogP contribution in [0.3, 0.4) is 0 Å². The number of alkyl halides is 1. The predicted octanol–water partition coefficient (Wildman–Crippen LogP) is 4.24. The highest BCUT2D eigenvalue weighted by molar-refractivity contribution is 6.21. The summed E-state index contributed by atoms with van der Waals surface area (Å²) in [7, 11) is 0. The molecule has 0 aliphatic heterocycles. The molecule has 1 aliphatic rings. The fraction of sp³-hybridized carbons (Fsp3) is 0.577. The van der Waals surface area contributed by atoms with Crippen LogP contribution < -0.4 is 0 Å². The fourth-order valence-electron chi connectivity index (χ4n) is 4.27. The molecule has 1 fully saturated rings. The minimum absolute atomic E-state index is 0.0553. The Balaban J connectivity index is 1.92. The van der Waals surface area contributed by atoms with Crippen molar-refractivity contribution >= 4 is 17.6 Å². The summed E-state index contributed by atoms with van der Waals surface area (Å²) in [6, 6.07) is 5.33. The molecule has 0 saturated heterocycles. The van der Waals surface area contributed by atoms with Crippen LogP contribution in [-0.4, -0.2) is 57.2 Å². The smallest absolute Gasteiger partial charge is 0.303 e. The number of carboxylic acids is 1. The Bertz CT molecular complexity index is 793. The summed E-state index contributed by atoms with van der Waals surface area (Å²) in [5.74, 6) is -0.655. The first-order chi connectivity index (χ1) is 15.8. The number of ether oxygens (including phenoxy) is 1. The number of phenolic OH excluding ortho intramolecular Hbond substituents is 1. The summed E-state index contributed by atoms with van der Waals surface area (Å²) < 4.78 is 5.36. The van der Waals surface area contributed by atoms with Crippen molar-refractivity contribution in [2.45, 2.75) is 69.5 Å². The van der Waals surface area contributed by atoms with Crippen LogP contribution in [0.15, 0.2) is 42.5 Å². The number of aliphatic hydroxyl groups excluding tert-OH is 2. The Morgan fingerprint density at radius 3 is 2.85 bits per heavy atom. The van der Waals surface area contributed by atoms with Crippen LogP contribution in [0.5, 0.6) is 5.75 Å². The Morgan fingerprint density at radius 1 is 1.33 bits per heavy atom. The van der Waals surface area contributed by atoms with Crippen molar-refractivity contribution in [2.24, 2.45) is 11.8 Å². The minimum Gasteiger partial charge on any atom is -0.508 e. The van der Waals surface area contributed by atoms with Crippen LogP contribution in [0.25, 0.3) is 0 Å².